The second-order valence-corrected chi connectivity index (χ2v) is 5.88. The Kier molecular flexibility index (Phi) is 4.80. The molecule has 0 saturated heterocycles. The summed E-state index contributed by atoms with van der Waals surface area (Å²) in [4.78, 5) is 12.7. The van der Waals surface area contributed by atoms with E-state index in [0.717, 1.165) is 19.3 Å². The van der Waals surface area contributed by atoms with Gasteiger partial charge in [-0.15, -0.1) is 0 Å². The topological polar surface area (TPSA) is 103 Å². The Labute approximate surface area is 129 Å². The van der Waals surface area contributed by atoms with Gasteiger partial charge in [-0.1, -0.05) is 31.4 Å². The third-order valence-corrected chi connectivity index (χ3v) is 3.68. The van der Waals surface area contributed by atoms with E-state index in [1.807, 2.05) is 0 Å². The van der Waals surface area contributed by atoms with E-state index in [2.05, 4.69) is 34.1 Å². The van der Waals surface area contributed by atoms with Gasteiger partial charge in [0.2, 0.25) is 5.95 Å². The Morgan fingerprint density at radius 1 is 1.38 bits per heavy atom. The van der Waals surface area contributed by atoms with Gasteiger partial charge in [-0.25, -0.2) is 9.97 Å². The van der Waals surface area contributed by atoms with Crippen molar-refractivity contribution in [1.82, 2.24) is 15.0 Å². The Balaban J connectivity index is 2.41. The third kappa shape index (κ3) is 3.71. The van der Waals surface area contributed by atoms with Gasteiger partial charge in [0.25, 0.3) is 0 Å². The fourth-order valence-electron chi connectivity index (χ4n) is 2.17. The molecule has 5 N–H and O–H groups in total. The van der Waals surface area contributed by atoms with E-state index < -0.39 is 0 Å². The number of pyridine rings is 1. The summed E-state index contributed by atoms with van der Waals surface area (Å²) in [5, 5.41) is 3.89. The first-order valence-corrected chi connectivity index (χ1v) is 7.42. The molecule has 0 aliphatic rings. The SMILES string of the molecule is CCCC[C@](C)(CN)Nc1nc(N)nc2cc(Cl)cnc12. The van der Waals surface area contributed by atoms with E-state index in [-0.39, 0.29) is 11.5 Å². The van der Waals surface area contributed by atoms with Gasteiger partial charge >= 0.3 is 0 Å². The van der Waals surface area contributed by atoms with Crippen molar-refractivity contribution in [3.8, 4) is 0 Å². The smallest absolute Gasteiger partial charge is 0.222 e. The molecule has 2 aromatic heterocycles. The standard InChI is InChI=1S/C14H21ClN6/c1-3-4-5-14(2,8-16)21-12-11-10(19-13(17)20-12)6-9(15)7-18-11/h6-7H,3-5,8,16H2,1-2H3,(H3,17,19,20,21)/t14-/m1/s1. The molecule has 2 heterocycles. The van der Waals surface area contributed by atoms with Crippen LogP contribution >= 0.6 is 11.6 Å². The molecule has 0 saturated carbocycles. The molecule has 21 heavy (non-hydrogen) atoms. The zero-order valence-electron chi connectivity index (χ0n) is 12.4. The minimum Gasteiger partial charge on any atom is -0.368 e. The number of nitrogens with zero attached hydrogens (tertiary/aromatic N) is 3. The minimum absolute atomic E-state index is 0.184. The summed E-state index contributed by atoms with van der Waals surface area (Å²) in [6, 6.07) is 1.72. The maximum Gasteiger partial charge on any atom is 0.222 e. The van der Waals surface area contributed by atoms with Crippen LogP contribution in [0.5, 0.6) is 0 Å². The van der Waals surface area contributed by atoms with Gasteiger partial charge in [-0.2, -0.15) is 4.98 Å². The maximum absolute atomic E-state index is 5.95. The zero-order valence-corrected chi connectivity index (χ0v) is 13.1. The highest BCUT2D eigenvalue weighted by molar-refractivity contribution is 6.31. The van der Waals surface area contributed by atoms with Crippen LogP contribution in [-0.2, 0) is 0 Å². The quantitative estimate of drug-likeness (QED) is 0.758. The molecule has 1 atom stereocenters. The van der Waals surface area contributed by atoms with Gasteiger partial charge in [0, 0.05) is 18.3 Å². The highest BCUT2D eigenvalue weighted by Gasteiger charge is 2.23. The summed E-state index contributed by atoms with van der Waals surface area (Å²) in [6.07, 6.45) is 4.70. The Hall–Kier alpha value is -1.66. The number of unbranched alkanes of at least 4 members (excludes halogenated alkanes) is 1. The van der Waals surface area contributed by atoms with Crippen LogP contribution in [0.2, 0.25) is 5.02 Å². The van der Waals surface area contributed by atoms with Crippen LogP contribution in [0.3, 0.4) is 0 Å². The first kappa shape index (κ1) is 15.7. The second-order valence-electron chi connectivity index (χ2n) is 5.45. The number of fused-ring (bicyclic) bond motifs is 1. The molecule has 7 heteroatoms. The molecular weight excluding hydrogens is 288 g/mol. The van der Waals surface area contributed by atoms with Crippen molar-refractivity contribution in [3.63, 3.8) is 0 Å². The van der Waals surface area contributed by atoms with Crippen LogP contribution < -0.4 is 16.8 Å². The van der Waals surface area contributed by atoms with E-state index in [9.17, 15) is 0 Å². The third-order valence-electron chi connectivity index (χ3n) is 3.47. The zero-order chi connectivity index (χ0) is 15.5. The number of nitrogen functional groups attached to an aromatic ring is 1. The van der Waals surface area contributed by atoms with Crippen molar-refractivity contribution in [2.75, 3.05) is 17.6 Å². The van der Waals surface area contributed by atoms with Crippen LogP contribution in [0.15, 0.2) is 12.3 Å². The number of anilines is 2. The van der Waals surface area contributed by atoms with Gasteiger partial charge < -0.3 is 16.8 Å². The van der Waals surface area contributed by atoms with Crippen molar-refractivity contribution in [1.29, 1.82) is 0 Å². The molecule has 114 valence electrons. The number of hydrogen-bond acceptors (Lipinski definition) is 6. The lowest BCUT2D eigenvalue weighted by molar-refractivity contribution is 0.461. The molecule has 0 amide bonds. The molecule has 6 nitrogen and oxygen atoms in total. The molecule has 2 aromatic rings. The largest absolute Gasteiger partial charge is 0.368 e. The number of aromatic nitrogens is 3. The Morgan fingerprint density at radius 3 is 2.81 bits per heavy atom. The van der Waals surface area contributed by atoms with Crippen LogP contribution in [0.1, 0.15) is 33.1 Å². The van der Waals surface area contributed by atoms with E-state index in [1.54, 1.807) is 12.3 Å². The lowest BCUT2D eigenvalue weighted by Crippen LogP contribution is -2.42. The Morgan fingerprint density at radius 2 is 2.14 bits per heavy atom. The average molecular weight is 309 g/mol. The number of nitrogens with one attached hydrogen (secondary N) is 1. The van der Waals surface area contributed by atoms with E-state index in [0.29, 0.717) is 28.4 Å². The van der Waals surface area contributed by atoms with Crippen molar-refractivity contribution in [2.24, 2.45) is 5.73 Å². The normalized spacial score (nSPS) is 14.1. The molecule has 0 aliphatic heterocycles. The van der Waals surface area contributed by atoms with Crippen molar-refractivity contribution >= 4 is 34.4 Å². The lowest BCUT2D eigenvalue weighted by Gasteiger charge is -2.30. The van der Waals surface area contributed by atoms with Crippen molar-refractivity contribution in [3.05, 3.63) is 17.3 Å². The fourth-order valence-corrected chi connectivity index (χ4v) is 2.32. The van der Waals surface area contributed by atoms with Gasteiger partial charge in [0.05, 0.1) is 10.5 Å². The molecule has 0 radical (unpaired) electrons. The van der Waals surface area contributed by atoms with Gasteiger partial charge in [-0.05, 0) is 19.4 Å². The first-order valence-electron chi connectivity index (χ1n) is 7.04. The lowest BCUT2D eigenvalue weighted by atomic mass is 9.95. The fraction of sp³-hybridized carbons (Fsp3) is 0.500. The molecular formula is C14H21ClN6. The highest BCUT2D eigenvalue weighted by Crippen LogP contribution is 2.26. The molecule has 0 spiro atoms. The second kappa shape index (κ2) is 6.41. The summed E-state index contributed by atoms with van der Waals surface area (Å²) >= 11 is 5.95. The van der Waals surface area contributed by atoms with Crippen LogP contribution in [0.25, 0.3) is 11.0 Å². The minimum atomic E-state index is -0.259. The summed E-state index contributed by atoms with van der Waals surface area (Å²) < 4.78 is 0. The predicted octanol–water partition coefficient (Wildman–Crippen LogP) is 2.58. The Bertz CT molecular complexity index is 627. The summed E-state index contributed by atoms with van der Waals surface area (Å²) in [5.74, 6) is 0.780. The highest BCUT2D eigenvalue weighted by atomic mass is 35.5. The molecule has 0 bridgehead atoms. The molecule has 0 aliphatic carbocycles. The van der Waals surface area contributed by atoms with E-state index >= 15 is 0 Å². The molecule has 0 aromatic carbocycles. The van der Waals surface area contributed by atoms with Crippen LogP contribution in [0, 0.1) is 0 Å². The van der Waals surface area contributed by atoms with Gasteiger partial charge in [0.15, 0.2) is 5.82 Å². The van der Waals surface area contributed by atoms with Crippen LogP contribution in [0.4, 0.5) is 11.8 Å². The predicted molar refractivity (Wildman–Crippen MR) is 87.4 cm³/mol. The van der Waals surface area contributed by atoms with Crippen molar-refractivity contribution in [2.45, 2.75) is 38.6 Å². The van der Waals surface area contributed by atoms with E-state index in [4.69, 9.17) is 23.1 Å². The van der Waals surface area contributed by atoms with Crippen molar-refractivity contribution < 1.29 is 0 Å². The number of halogens is 1. The summed E-state index contributed by atoms with van der Waals surface area (Å²) in [7, 11) is 0. The van der Waals surface area contributed by atoms with Crippen LogP contribution in [-0.4, -0.2) is 27.0 Å². The summed E-state index contributed by atoms with van der Waals surface area (Å²) in [6.45, 7) is 4.72. The molecule has 2 rings (SSSR count). The monoisotopic (exact) mass is 308 g/mol. The average Bonchev–Trinajstić information content (AvgIpc) is 2.44. The molecule has 0 fully saturated rings. The number of nitrogens with two attached hydrogens (primary N) is 2. The number of rotatable bonds is 6. The van der Waals surface area contributed by atoms with E-state index in [1.165, 1.54) is 0 Å². The number of hydrogen-bond donors (Lipinski definition) is 3. The molecule has 0 unspecified atom stereocenters. The maximum atomic E-state index is 5.95. The van der Waals surface area contributed by atoms with Gasteiger partial charge in [0.1, 0.15) is 5.52 Å². The summed E-state index contributed by atoms with van der Waals surface area (Å²) in [5.41, 5.74) is 12.7. The first-order chi connectivity index (χ1) is 9.97. The van der Waals surface area contributed by atoms with Gasteiger partial charge in [-0.3, -0.25) is 0 Å².